The highest BCUT2D eigenvalue weighted by atomic mass is 16.5. The molecule has 1 unspecified atom stereocenters. The summed E-state index contributed by atoms with van der Waals surface area (Å²) in [6, 6.07) is 0.651. The van der Waals surface area contributed by atoms with Gasteiger partial charge in [-0.25, -0.2) is 0 Å². The van der Waals surface area contributed by atoms with Gasteiger partial charge in [0.25, 0.3) is 0 Å². The zero-order chi connectivity index (χ0) is 9.80. The minimum Gasteiger partial charge on any atom is -0.381 e. The van der Waals surface area contributed by atoms with Crippen molar-refractivity contribution >= 4 is 0 Å². The Hall–Kier alpha value is -0.160. The van der Waals surface area contributed by atoms with E-state index in [1.807, 2.05) is 0 Å². The van der Waals surface area contributed by atoms with Crippen molar-refractivity contribution in [2.24, 2.45) is 11.7 Å². The molecule has 4 nitrogen and oxygen atoms in total. The largest absolute Gasteiger partial charge is 0.381 e. The van der Waals surface area contributed by atoms with Crippen LogP contribution in [-0.2, 0) is 9.47 Å². The van der Waals surface area contributed by atoms with Crippen LogP contribution in [0.15, 0.2) is 0 Å². The summed E-state index contributed by atoms with van der Waals surface area (Å²) < 4.78 is 10.9. The van der Waals surface area contributed by atoms with E-state index in [-0.39, 0.29) is 0 Å². The molecule has 2 N–H and O–H groups in total. The third-order valence-corrected chi connectivity index (χ3v) is 3.14. The lowest BCUT2D eigenvalue weighted by Gasteiger charge is -2.39. The fraction of sp³-hybridized carbons (Fsp3) is 1.00. The minimum atomic E-state index is 0.520. The molecule has 2 aliphatic rings. The third kappa shape index (κ3) is 2.45. The second-order valence-electron chi connectivity index (χ2n) is 4.22. The Morgan fingerprint density at radius 1 is 1.21 bits per heavy atom. The molecule has 0 aromatic heterocycles. The topological polar surface area (TPSA) is 47.7 Å². The van der Waals surface area contributed by atoms with Gasteiger partial charge in [-0.3, -0.25) is 4.90 Å². The van der Waals surface area contributed by atoms with Crippen LogP contribution in [0.2, 0.25) is 0 Å². The maximum absolute atomic E-state index is 5.66. The SMILES string of the molecule is NCC1COCN(C2CCOCC2)C1. The van der Waals surface area contributed by atoms with Gasteiger partial charge < -0.3 is 15.2 Å². The molecule has 0 spiro atoms. The monoisotopic (exact) mass is 200 g/mol. The molecule has 0 aromatic carbocycles. The number of ether oxygens (including phenoxy) is 2. The Bertz CT molecular complexity index is 172. The first-order chi connectivity index (χ1) is 6.90. The number of rotatable bonds is 2. The quantitative estimate of drug-likeness (QED) is 0.683. The molecule has 0 bridgehead atoms. The molecule has 0 aromatic rings. The molecule has 0 amide bonds. The van der Waals surface area contributed by atoms with Gasteiger partial charge in [-0.2, -0.15) is 0 Å². The van der Waals surface area contributed by atoms with Gasteiger partial charge in [0.1, 0.15) is 0 Å². The Kier molecular flexibility index (Phi) is 3.75. The van der Waals surface area contributed by atoms with E-state index in [2.05, 4.69) is 4.90 Å². The molecule has 2 aliphatic heterocycles. The molecular weight excluding hydrogens is 180 g/mol. The Morgan fingerprint density at radius 3 is 2.71 bits per heavy atom. The first-order valence-corrected chi connectivity index (χ1v) is 5.49. The summed E-state index contributed by atoms with van der Waals surface area (Å²) in [5, 5.41) is 0. The lowest BCUT2D eigenvalue weighted by atomic mass is 10.0. The number of hydrogen-bond acceptors (Lipinski definition) is 4. The summed E-state index contributed by atoms with van der Waals surface area (Å²) in [6.45, 7) is 5.24. The summed E-state index contributed by atoms with van der Waals surface area (Å²) in [4.78, 5) is 2.42. The number of nitrogens with zero attached hydrogens (tertiary/aromatic N) is 1. The minimum absolute atomic E-state index is 0.520. The van der Waals surface area contributed by atoms with Crippen molar-refractivity contribution < 1.29 is 9.47 Å². The van der Waals surface area contributed by atoms with Crippen LogP contribution in [0.3, 0.4) is 0 Å². The van der Waals surface area contributed by atoms with Gasteiger partial charge >= 0.3 is 0 Å². The van der Waals surface area contributed by atoms with Gasteiger partial charge in [0, 0.05) is 31.7 Å². The lowest BCUT2D eigenvalue weighted by Crippen LogP contribution is -2.48. The molecule has 2 saturated heterocycles. The third-order valence-electron chi connectivity index (χ3n) is 3.14. The first-order valence-electron chi connectivity index (χ1n) is 5.49. The summed E-state index contributed by atoms with van der Waals surface area (Å²) >= 11 is 0. The standard InChI is InChI=1S/C10H20N2O2/c11-5-9-6-12(8-14-7-9)10-1-3-13-4-2-10/h9-10H,1-8,11H2. The fourth-order valence-electron chi connectivity index (χ4n) is 2.22. The Labute approximate surface area is 85.3 Å². The predicted molar refractivity (Wildman–Crippen MR) is 53.9 cm³/mol. The molecule has 2 heterocycles. The highest BCUT2D eigenvalue weighted by Crippen LogP contribution is 2.18. The van der Waals surface area contributed by atoms with Gasteiger partial charge in [-0.05, 0) is 19.4 Å². The van der Waals surface area contributed by atoms with Crippen molar-refractivity contribution in [2.75, 3.05) is 39.6 Å². The average molecular weight is 200 g/mol. The number of hydrogen-bond donors (Lipinski definition) is 1. The Balaban J connectivity index is 1.83. The molecular formula is C10H20N2O2. The van der Waals surface area contributed by atoms with Crippen molar-refractivity contribution in [1.29, 1.82) is 0 Å². The summed E-state index contributed by atoms with van der Waals surface area (Å²) in [7, 11) is 0. The molecule has 1 atom stereocenters. The van der Waals surface area contributed by atoms with Crippen LogP contribution < -0.4 is 5.73 Å². The smallest absolute Gasteiger partial charge is 0.0992 e. The highest BCUT2D eigenvalue weighted by Gasteiger charge is 2.26. The second-order valence-corrected chi connectivity index (χ2v) is 4.22. The predicted octanol–water partition coefficient (Wildman–Crippen LogP) is 0.0300. The maximum atomic E-state index is 5.66. The van der Waals surface area contributed by atoms with Crippen LogP contribution in [0, 0.1) is 5.92 Å². The molecule has 0 saturated carbocycles. The molecule has 2 rings (SSSR count). The van der Waals surface area contributed by atoms with Gasteiger partial charge in [-0.1, -0.05) is 0 Å². The number of nitrogens with two attached hydrogens (primary N) is 1. The van der Waals surface area contributed by atoms with Crippen LogP contribution >= 0.6 is 0 Å². The maximum Gasteiger partial charge on any atom is 0.0992 e. The van der Waals surface area contributed by atoms with E-state index in [4.69, 9.17) is 15.2 Å². The van der Waals surface area contributed by atoms with Gasteiger partial charge in [0.05, 0.1) is 13.3 Å². The van der Waals surface area contributed by atoms with Crippen LogP contribution in [0.5, 0.6) is 0 Å². The summed E-state index contributed by atoms with van der Waals surface area (Å²) in [6.07, 6.45) is 2.28. The van der Waals surface area contributed by atoms with Crippen LogP contribution in [0.4, 0.5) is 0 Å². The molecule has 2 fully saturated rings. The summed E-state index contributed by atoms with van der Waals surface area (Å²) in [5.41, 5.74) is 5.66. The second kappa shape index (κ2) is 5.07. The molecule has 4 heteroatoms. The van der Waals surface area contributed by atoms with Crippen molar-refractivity contribution in [3.05, 3.63) is 0 Å². The van der Waals surface area contributed by atoms with Gasteiger partial charge in [-0.15, -0.1) is 0 Å². The first kappa shape index (κ1) is 10.4. The normalized spacial score (nSPS) is 31.9. The fourth-order valence-corrected chi connectivity index (χ4v) is 2.22. The lowest BCUT2D eigenvalue weighted by molar-refractivity contribution is -0.0830. The van der Waals surface area contributed by atoms with E-state index in [0.717, 1.165) is 52.5 Å². The average Bonchev–Trinajstić information content (AvgIpc) is 2.30. The van der Waals surface area contributed by atoms with Crippen molar-refractivity contribution in [1.82, 2.24) is 4.90 Å². The van der Waals surface area contributed by atoms with Crippen molar-refractivity contribution in [3.8, 4) is 0 Å². The van der Waals surface area contributed by atoms with E-state index >= 15 is 0 Å². The zero-order valence-electron chi connectivity index (χ0n) is 8.65. The molecule has 14 heavy (non-hydrogen) atoms. The van der Waals surface area contributed by atoms with E-state index < -0.39 is 0 Å². The van der Waals surface area contributed by atoms with E-state index in [1.54, 1.807) is 0 Å². The van der Waals surface area contributed by atoms with E-state index in [9.17, 15) is 0 Å². The molecule has 0 aliphatic carbocycles. The van der Waals surface area contributed by atoms with E-state index in [0.29, 0.717) is 12.0 Å². The molecule has 82 valence electrons. The van der Waals surface area contributed by atoms with Crippen LogP contribution in [0.1, 0.15) is 12.8 Å². The highest BCUT2D eigenvalue weighted by molar-refractivity contribution is 4.78. The van der Waals surface area contributed by atoms with Gasteiger partial charge in [0.2, 0.25) is 0 Å². The van der Waals surface area contributed by atoms with Gasteiger partial charge in [0.15, 0.2) is 0 Å². The Morgan fingerprint density at radius 2 is 2.00 bits per heavy atom. The molecule has 0 radical (unpaired) electrons. The van der Waals surface area contributed by atoms with Crippen LogP contribution in [-0.4, -0.2) is 50.6 Å². The van der Waals surface area contributed by atoms with E-state index in [1.165, 1.54) is 0 Å². The van der Waals surface area contributed by atoms with Crippen molar-refractivity contribution in [2.45, 2.75) is 18.9 Å². The van der Waals surface area contributed by atoms with Crippen LogP contribution in [0.25, 0.3) is 0 Å². The summed E-state index contributed by atoms with van der Waals surface area (Å²) in [5.74, 6) is 0.520. The van der Waals surface area contributed by atoms with Crippen molar-refractivity contribution in [3.63, 3.8) is 0 Å². The zero-order valence-corrected chi connectivity index (χ0v) is 8.65.